The van der Waals surface area contributed by atoms with Gasteiger partial charge < -0.3 is 19.5 Å². The van der Waals surface area contributed by atoms with E-state index in [1.165, 1.54) is 18.1 Å². The number of nitrogens with zero attached hydrogens (tertiary/aromatic N) is 2. The van der Waals surface area contributed by atoms with Crippen molar-refractivity contribution in [3.05, 3.63) is 88.5 Å². The molecule has 1 amide bonds. The van der Waals surface area contributed by atoms with E-state index in [0.717, 1.165) is 5.69 Å². The number of aliphatic hydroxyl groups is 1. The van der Waals surface area contributed by atoms with Gasteiger partial charge >= 0.3 is 0 Å². The van der Waals surface area contributed by atoms with E-state index in [4.69, 9.17) is 21.1 Å². The van der Waals surface area contributed by atoms with Gasteiger partial charge in [-0.1, -0.05) is 23.7 Å². The van der Waals surface area contributed by atoms with Crippen molar-refractivity contribution < 1.29 is 24.2 Å². The van der Waals surface area contributed by atoms with Crippen LogP contribution in [0.1, 0.15) is 24.1 Å². The molecule has 0 aromatic heterocycles. The van der Waals surface area contributed by atoms with E-state index < -0.39 is 17.7 Å². The van der Waals surface area contributed by atoms with Crippen LogP contribution in [0, 0.1) is 0 Å². The lowest BCUT2D eigenvalue weighted by Gasteiger charge is -2.26. The molecule has 1 fully saturated rings. The van der Waals surface area contributed by atoms with Crippen molar-refractivity contribution in [2.24, 2.45) is 0 Å². The zero-order valence-corrected chi connectivity index (χ0v) is 21.2. The molecule has 1 N–H and O–H groups in total. The zero-order chi connectivity index (χ0) is 26.0. The molecule has 0 bridgehead atoms. The molecule has 1 atom stereocenters. The predicted molar refractivity (Wildman–Crippen MR) is 141 cm³/mol. The summed E-state index contributed by atoms with van der Waals surface area (Å²) in [5, 5.41) is 11.6. The Kier molecular flexibility index (Phi) is 7.22. The summed E-state index contributed by atoms with van der Waals surface area (Å²) in [6, 6.07) is 18.3. The Morgan fingerprint density at radius 3 is 2.22 bits per heavy atom. The molecule has 1 aliphatic rings. The topological polar surface area (TPSA) is 79.3 Å². The zero-order valence-electron chi connectivity index (χ0n) is 20.5. The van der Waals surface area contributed by atoms with Gasteiger partial charge in [0.05, 0.1) is 30.4 Å². The number of ether oxygens (including phenoxy) is 2. The molecular weight excluding hydrogens is 480 g/mol. The smallest absolute Gasteiger partial charge is 0.300 e. The van der Waals surface area contributed by atoms with Crippen LogP contribution in [-0.4, -0.2) is 44.6 Å². The number of Topliss-reactive ketones (excluding diaryl/α,β-unsaturated/α-hetero) is 1. The van der Waals surface area contributed by atoms with Crippen molar-refractivity contribution in [1.29, 1.82) is 0 Å². The lowest BCUT2D eigenvalue weighted by molar-refractivity contribution is -0.132. The summed E-state index contributed by atoms with van der Waals surface area (Å²) in [5.74, 6) is -0.811. The highest BCUT2D eigenvalue weighted by atomic mass is 35.5. The van der Waals surface area contributed by atoms with Crippen molar-refractivity contribution in [2.75, 3.05) is 37.6 Å². The average molecular weight is 507 g/mol. The summed E-state index contributed by atoms with van der Waals surface area (Å²) in [7, 11) is 5.32. The molecule has 1 aliphatic heterocycles. The average Bonchev–Trinajstić information content (AvgIpc) is 3.15. The highest BCUT2D eigenvalue weighted by Crippen LogP contribution is 2.44. The van der Waals surface area contributed by atoms with Gasteiger partial charge in [-0.3, -0.25) is 14.5 Å². The quantitative estimate of drug-likeness (QED) is 0.261. The van der Waals surface area contributed by atoms with E-state index in [1.54, 1.807) is 48.5 Å². The third kappa shape index (κ3) is 4.62. The minimum Gasteiger partial charge on any atom is -0.507 e. The minimum absolute atomic E-state index is 0.0593. The van der Waals surface area contributed by atoms with E-state index in [-0.39, 0.29) is 21.9 Å². The number of ketones is 1. The lowest BCUT2D eigenvalue weighted by Crippen LogP contribution is -2.29. The van der Waals surface area contributed by atoms with E-state index in [2.05, 4.69) is 0 Å². The standard InChI is InChI=1S/C28H27ClN2O5/c1-5-36-20-12-6-17(7-13-20)25-24(26(32)22-16-21(35-4)14-15-23(22)29)27(33)28(34)31(25)19-10-8-18(9-11-19)30(2)3/h6-16,25,32H,5H2,1-4H3/b26-24+. The summed E-state index contributed by atoms with van der Waals surface area (Å²) in [6.45, 7) is 2.39. The van der Waals surface area contributed by atoms with Crippen LogP contribution < -0.4 is 19.3 Å². The molecule has 0 saturated carbocycles. The number of hydrogen-bond acceptors (Lipinski definition) is 6. The Bertz CT molecular complexity index is 1320. The first-order chi connectivity index (χ1) is 17.3. The van der Waals surface area contributed by atoms with Gasteiger partial charge in [0.1, 0.15) is 17.3 Å². The van der Waals surface area contributed by atoms with Crippen molar-refractivity contribution >= 4 is 40.4 Å². The van der Waals surface area contributed by atoms with Gasteiger partial charge in [0, 0.05) is 31.0 Å². The van der Waals surface area contributed by atoms with Crippen molar-refractivity contribution in [1.82, 2.24) is 0 Å². The number of hydrogen-bond donors (Lipinski definition) is 1. The first-order valence-corrected chi connectivity index (χ1v) is 11.8. The number of benzene rings is 3. The summed E-state index contributed by atoms with van der Waals surface area (Å²) >= 11 is 6.38. The largest absolute Gasteiger partial charge is 0.507 e. The van der Waals surface area contributed by atoms with Crippen molar-refractivity contribution in [3.63, 3.8) is 0 Å². The Morgan fingerprint density at radius 1 is 1.00 bits per heavy atom. The predicted octanol–water partition coefficient (Wildman–Crippen LogP) is 5.44. The number of anilines is 2. The first kappa shape index (κ1) is 25.1. The van der Waals surface area contributed by atoms with Crippen LogP contribution in [0.25, 0.3) is 5.76 Å². The van der Waals surface area contributed by atoms with Crippen LogP contribution in [-0.2, 0) is 9.59 Å². The second kappa shape index (κ2) is 10.3. The third-order valence-electron chi connectivity index (χ3n) is 6.02. The van der Waals surface area contributed by atoms with Gasteiger partial charge in [-0.25, -0.2) is 0 Å². The van der Waals surface area contributed by atoms with Crippen LogP contribution in [0.3, 0.4) is 0 Å². The van der Waals surface area contributed by atoms with Gasteiger partial charge in [-0.15, -0.1) is 0 Å². The van der Waals surface area contributed by atoms with Crippen molar-refractivity contribution in [3.8, 4) is 11.5 Å². The highest BCUT2D eigenvalue weighted by Gasteiger charge is 2.47. The molecule has 0 radical (unpaired) electrons. The fourth-order valence-corrected chi connectivity index (χ4v) is 4.40. The summed E-state index contributed by atoms with van der Waals surface area (Å²) < 4.78 is 10.8. The van der Waals surface area contributed by atoms with Crippen LogP contribution in [0.2, 0.25) is 5.02 Å². The molecular formula is C28H27ClN2O5. The minimum atomic E-state index is -0.881. The van der Waals surface area contributed by atoms with Gasteiger partial charge in [-0.2, -0.15) is 0 Å². The fourth-order valence-electron chi connectivity index (χ4n) is 4.20. The molecule has 3 aromatic rings. The molecule has 4 rings (SSSR count). The maximum atomic E-state index is 13.4. The molecule has 1 heterocycles. The SMILES string of the molecule is CCOc1ccc(C2/C(=C(\O)c3cc(OC)ccc3Cl)C(=O)C(=O)N2c2ccc(N(C)C)cc2)cc1. The number of methoxy groups -OCH3 is 1. The van der Waals surface area contributed by atoms with Crippen LogP contribution in [0.5, 0.6) is 11.5 Å². The Morgan fingerprint density at radius 2 is 1.64 bits per heavy atom. The van der Waals surface area contributed by atoms with E-state index in [9.17, 15) is 14.7 Å². The van der Waals surface area contributed by atoms with E-state index in [1.807, 2.05) is 38.1 Å². The summed E-state index contributed by atoms with van der Waals surface area (Å²) in [5.41, 5.74) is 2.24. The second-order valence-electron chi connectivity index (χ2n) is 8.43. The monoisotopic (exact) mass is 506 g/mol. The number of amides is 1. The van der Waals surface area contributed by atoms with Gasteiger partial charge in [0.25, 0.3) is 11.7 Å². The maximum absolute atomic E-state index is 13.4. The van der Waals surface area contributed by atoms with Crippen LogP contribution >= 0.6 is 11.6 Å². The maximum Gasteiger partial charge on any atom is 0.300 e. The lowest BCUT2D eigenvalue weighted by atomic mass is 9.95. The Hall–Kier alpha value is -3.97. The number of carbonyl (C=O) groups excluding carboxylic acids is 2. The number of halogens is 1. The highest BCUT2D eigenvalue weighted by molar-refractivity contribution is 6.52. The summed E-state index contributed by atoms with van der Waals surface area (Å²) in [4.78, 5) is 30.1. The van der Waals surface area contributed by atoms with E-state index in [0.29, 0.717) is 29.4 Å². The second-order valence-corrected chi connectivity index (χ2v) is 8.83. The summed E-state index contributed by atoms with van der Waals surface area (Å²) in [6.07, 6.45) is 0. The molecule has 0 spiro atoms. The normalized spacial score (nSPS) is 16.8. The number of aliphatic hydroxyl groups excluding tert-OH is 1. The molecule has 7 nitrogen and oxygen atoms in total. The van der Waals surface area contributed by atoms with E-state index >= 15 is 0 Å². The molecule has 0 aliphatic carbocycles. The molecule has 1 unspecified atom stereocenters. The van der Waals surface area contributed by atoms with Gasteiger partial charge in [-0.05, 0) is 67.1 Å². The molecule has 8 heteroatoms. The number of rotatable bonds is 7. The van der Waals surface area contributed by atoms with Gasteiger partial charge in [0.15, 0.2) is 0 Å². The van der Waals surface area contributed by atoms with Crippen LogP contribution in [0.4, 0.5) is 11.4 Å². The van der Waals surface area contributed by atoms with Gasteiger partial charge in [0.2, 0.25) is 0 Å². The molecule has 3 aromatic carbocycles. The first-order valence-electron chi connectivity index (χ1n) is 11.4. The van der Waals surface area contributed by atoms with Crippen molar-refractivity contribution in [2.45, 2.75) is 13.0 Å². The molecule has 186 valence electrons. The Balaban J connectivity index is 1.91. The Labute approximate surface area is 215 Å². The van der Waals surface area contributed by atoms with Crippen LogP contribution in [0.15, 0.2) is 72.3 Å². The fraction of sp³-hybridized carbons (Fsp3) is 0.214. The molecule has 36 heavy (non-hydrogen) atoms. The third-order valence-corrected chi connectivity index (χ3v) is 6.35. The molecule has 1 saturated heterocycles. The number of carbonyl (C=O) groups is 2.